The molecule has 1 aliphatic rings. The van der Waals surface area contributed by atoms with Crippen molar-refractivity contribution in [1.82, 2.24) is 14.6 Å². The second kappa shape index (κ2) is 11.6. The van der Waals surface area contributed by atoms with Gasteiger partial charge in [-0.1, -0.05) is 52.4 Å². The minimum atomic E-state index is -3.28. The maximum atomic E-state index is 14.9. The molecule has 0 bridgehead atoms. The van der Waals surface area contributed by atoms with Gasteiger partial charge >= 0.3 is 11.6 Å². The monoisotopic (exact) mass is 477 g/mol. The molecule has 1 fully saturated rings. The molecule has 0 radical (unpaired) electrons. The largest absolute Gasteiger partial charge is 0.394 e. The Labute approximate surface area is 191 Å². The number of aliphatic hydroxyl groups excluding tert-OH is 2. The van der Waals surface area contributed by atoms with Gasteiger partial charge in [0.25, 0.3) is 5.56 Å². The Morgan fingerprint density at radius 2 is 1.82 bits per heavy atom. The predicted octanol–water partition coefficient (Wildman–Crippen LogP) is 0.270. The first-order chi connectivity index (χ1) is 15.6. The van der Waals surface area contributed by atoms with E-state index in [9.17, 15) is 39.6 Å². The third-order valence-corrected chi connectivity index (χ3v) is 6.01. The van der Waals surface area contributed by atoms with Crippen LogP contribution in [0.1, 0.15) is 70.8 Å². The Morgan fingerprint density at radius 3 is 2.42 bits per heavy atom. The van der Waals surface area contributed by atoms with Crippen LogP contribution in [0.4, 0.5) is 4.39 Å². The van der Waals surface area contributed by atoms with Crippen molar-refractivity contribution in [2.45, 2.75) is 102 Å². The first-order valence-corrected chi connectivity index (χ1v) is 11.5. The second-order valence-electron chi connectivity index (χ2n) is 8.49. The molecule has 5 atom stereocenters. The Balaban J connectivity index is 2.38. The highest BCUT2D eigenvalue weighted by molar-refractivity contribution is 5.10. The number of hydrogen-bond acceptors (Lipinski definition) is 9. The maximum absolute atomic E-state index is 14.9. The van der Waals surface area contributed by atoms with Gasteiger partial charge in [0.15, 0.2) is 6.30 Å². The van der Waals surface area contributed by atoms with Crippen LogP contribution in [-0.4, -0.2) is 71.1 Å². The quantitative estimate of drug-likeness (QED) is 0.101. The lowest BCUT2D eigenvalue weighted by Gasteiger charge is -2.43. The van der Waals surface area contributed by atoms with Gasteiger partial charge in [0.1, 0.15) is 12.2 Å². The van der Waals surface area contributed by atoms with Gasteiger partial charge in [-0.3, -0.25) is 9.78 Å². The molecule has 1 saturated heterocycles. The van der Waals surface area contributed by atoms with E-state index in [1.165, 1.54) is 0 Å². The Bertz CT molecular complexity index is 880. The van der Waals surface area contributed by atoms with Crippen molar-refractivity contribution in [3.05, 3.63) is 32.6 Å². The topological polar surface area (TPSA) is 168 Å². The molecule has 2 heterocycles. The van der Waals surface area contributed by atoms with Crippen LogP contribution in [-0.2, 0) is 17.1 Å². The number of aromatic amines is 1. The summed E-state index contributed by atoms with van der Waals surface area (Å²) in [4.78, 5) is 26.5. The van der Waals surface area contributed by atoms with Crippen molar-refractivity contribution in [1.29, 1.82) is 0 Å². The third kappa shape index (κ3) is 5.37. The van der Waals surface area contributed by atoms with Crippen LogP contribution in [0.25, 0.3) is 0 Å². The van der Waals surface area contributed by atoms with Crippen LogP contribution in [0, 0.1) is 0 Å². The second-order valence-corrected chi connectivity index (χ2v) is 8.49. The average Bonchev–Trinajstić information content (AvgIpc) is 2.99. The summed E-state index contributed by atoms with van der Waals surface area (Å²) in [5, 5.41) is 52.8. The van der Waals surface area contributed by atoms with E-state index >= 15 is 0 Å². The van der Waals surface area contributed by atoms with Crippen LogP contribution in [0.15, 0.2) is 15.8 Å². The number of nitrogens with zero attached hydrogens (tertiary/aromatic N) is 2. The summed E-state index contributed by atoms with van der Waals surface area (Å²) in [6.45, 7) is 2.91. The molecule has 0 aromatic carbocycles. The number of aromatic nitrogens is 2. The van der Waals surface area contributed by atoms with Gasteiger partial charge in [-0.2, -0.15) is 0 Å². The average molecular weight is 478 g/mol. The Hall–Kier alpha value is -1.67. The number of hydrogen-bond donors (Lipinski definition) is 6. The summed E-state index contributed by atoms with van der Waals surface area (Å²) in [6.07, 6.45) is 0.238. The molecular weight excluding hydrogens is 441 g/mol. The number of aliphatic hydroxyl groups is 4. The molecule has 11 nitrogen and oxygen atoms in total. The van der Waals surface area contributed by atoms with E-state index in [-0.39, 0.29) is 23.5 Å². The number of ether oxygens (including phenoxy) is 1. The number of unbranched alkanes of at least 4 members (excludes halogenated alkanes) is 5. The fraction of sp³-hybridized carbons (Fsp3) is 0.810. The van der Waals surface area contributed by atoms with Crippen LogP contribution in [0.3, 0.4) is 0 Å². The van der Waals surface area contributed by atoms with Crippen LogP contribution in [0.5, 0.6) is 0 Å². The SMILES string of the molecule is CCCCCCCCC(F)N(O)[C@@]1(O)[C@H](O)[C@@H](CO)O[C@]1(O)n1cc(CCC)c(=O)[nH]c1=O. The zero-order chi connectivity index (χ0) is 24.8. The molecule has 12 heteroatoms. The minimum Gasteiger partial charge on any atom is -0.394 e. The minimum absolute atomic E-state index is 0.0479. The summed E-state index contributed by atoms with van der Waals surface area (Å²) in [6, 6.07) is 0. The van der Waals surface area contributed by atoms with Crippen molar-refractivity contribution < 1.29 is 34.8 Å². The van der Waals surface area contributed by atoms with Gasteiger partial charge in [-0.15, -0.1) is 5.06 Å². The molecule has 1 aromatic rings. The van der Waals surface area contributed by atoms with E-state index in [4.69, 9.17) is 4.74 Å². The van der Waals surface area contributed by atoms with Gasteiger partial charge in [0.2, 0.25) is 5.72 Å². The van der Waals surface area contributed by atoms with E-state index in [0.29, 0.717) is 23.8 Å². The summed E-state index contributed by atoms with van der Waals surface area (Å²) in [7, 11) is 0. The molecule has 1 unspecified atom stereocenters. The van der Waals surface area contributed by atoms with Gasteiger partial charge in [0.05, 0.1) is 6.61 Å². The van der Waals surface area contributed by atoms with E-state index < -0.39 is 48.0 Å². The maximum Gasteiger partial charge on any atom is 0.332 e. The molecule has 0 amide bonds. The van der Waals surface area contributed by atoms with Crippen LogP contribution < -0.4 is 11.2 Å². The number of alkyl halides is 1. The molecule has 1 aromatic heterocycles. The zero-order valence-electron chi connectivity index (χ0n) is 19.1. The standard InChI is InChI=1S/C21H36FN3O8/c1-3-5-6-7-8-9-11-16(22)25(32)20(30)17(27)15(13-26)33-21(20,31)24-12-14(10-4-2)18(28)23-19(24)29/h12,15-17,26-27,30-32H,3-11,13H2,1-2H3,(H,23,28,29)/t15-,16?,17-,20-,21+/m1/s1. The molecule has 190 valence electrons. The van der Waals surface area contributed by atoms with Crippen molar-refractivity contribution >= 4 is 0 Å². The fourth-order valence-electron chi connectivity index (χ4n) is 4.08. The van der Waals surface area contributed by atoms with E-state index in [1.54, 1.807) is 6.92 Å². The summed E-state index contributed by atoms with van der Waals surface area (Å²) < 4.78 is 20.5. The van der Waals surface area contributed by atoms with Crippen LogP contribution >= 0.6 is 0 Å². The molecule has 0 aliphatic carbocycles. The lowest BCUT2D eigenvalue weighted by atomic mass is 9.99. The first-order valence-electron chi connectivity index (χ1n) is 11.5. The summed E-state index contributed by atoms with van der Waals surface area (Å²) >= 11 is 0. The highest BCUT2D eigenvalue weighted by Crippen LogP contribution is 2.44. The third-order valence-electron chi connectivity index (χ3n) is 6.01. The highest BCUT2D eigenvalue weighted by atomic mass is 19.1. The number of rotatable bonds is 13. The van der Waals surface area contributed by atoms with Crippen molar-refractivity contribution in [2.24, 2.45) is 0 Å². The molecule has 0 saturated carbocycles. The van der Waals surface area contributed by atoms with Crippen molar-refractivity contribution in [2.75, 3.05) is 6.61 Å². The molecular formula is C21H36FN3O8. The summed E-state index contributed by atoms with van der Waals surface area (Å²) in [5.74, 6) is -3.23. The van der Waals surface area contributed by atoms with E-state index in [2.05, 4.69) is 6.92 Å². The lowest BCUT2D eigenvalue weighted by Crippen LogP contribution is -2.69. The molecule has 33 heavy (non-hydrogen) atoms. The number of aryl methyl sites for hydroxylation is 1. The fourth-order valence-corrected chi connectivity index (χ4v) is 4.08. The number of H-pyrrole nitrogens is 1. The van der Waals surface area contributed by atoms with E-state index in [1.807, 2.05) is 4.98 Å². The van der Waals surface area contributed by atoms with Crippen molar-refractivity contribution in [3.63, 3.8) is 0 Å². The highest BCUT2D eigenvalue weighted by Gasteiger charge is 2.71. The predicted molar refractivity (Wildman–Crippen MR) is 115 cm³/mol. The first kappa shape index (κ1) is 27.6. The molecule has 0 spiro atoms. The number of nitrogens with one attached hydrogen (secondary N) is 1. The van der Waals surface area contributed by atoms with Crippen LogP contribution in [0.2, 0.25) is 0 Å². The smallest absolute Gasteiger partial charge is 0.332 e. The molecule has 1 aliphatic heterocycles. The molecule has 6 N–H and O–H groups in total. The Kier molecular flexibility index (Phi) is 9.73. The summed E-state index contributed by atoms with van der Waals surface area (Å²) in [5.41, 5.74) is -5.19. The number of halogens is 1. The van der Waals surface area contributed by atoms with E-state index in [0.717, 1.165) is 31.9 Å². The molecule has 2 rings (SSSR count). The van der Waals surface area contributed by atoms with Gasteiger partial charge in [-0.05, 0) is 19.3 Å². The Morgan fingerprint density at radius 1 is 1.18 bits per heavy atom. The van der Waals surface area contributed by atoms with Gasteiger partial charge in [0, 0.05) is 11.8 Å². The lowest BCUT2D eigenvalue weighted by molar-refractivity contribution is -0.428. The zero-order valence-corrected chi connectivity index (χ0v) is 19.1. The van der Waals surface area contributed by atoms with Gasteiger partial charge < -0.3 is 30.4 Å². The normalized spacial score (nSPS) is 28.5. The van der Waals surface area contributed by atoms with Gasteiger partial charge in [-0.25, -0.2) is 13.8 Å². The van der Waals surface area contributed by atoms with Crippen molar-refractivity contribution in [3.8, 4) is 0 Å². The number of hydroxylamine groups is 2.